The van der Waals surface area contributed by atoms with Gasteiger partial charge in [-0.25, -0.2) is 0 Å². The molecule has 0 aromatic carbocycles. The highest BCUT2D eigenvalue weighted by atomic mass is 16.5. The second kappa shape index (κ2) is 11.9. The lowest BCUT2D eigenvalue weighted by atomic mass is 9.77. The van der Waals surface area contributed by atoms with Gasteiger partial charge in [0.05, 0.1) is 14.2 Å². The Morgan fingerprint density at radius 3 is 2.07 bits per heavy atom. The van der Waals surface area contributed by atoms with Crippen molar-refractivity contribution in [1.29, 1.82) is 0 Å². The van der Waals surface area contributed by atoms with Crippen molar-refractivity contribution in [3.05, 3.63) is 46.5 Å². The Morgan fingerprint density at radius 2 is 1.54 bits per heavy atom. The lowest BCUT2D eigenvalue weighted by Crippen LogP contribution is -2.40. The predicted molar refractivity (Wildman–Crippen MR) is 115 cm³/mol. The Morgan fingerprint density at radius 1 is 0.964 bits per heavy atom. The van der Waals surface area contributed by atoms with Gasteiger partial charge in [-0.3, -0.25) is 4.79 Å². The fourth-order valence-corrected chi connectivity index (χ4v) is 3.55. The number of aliphatic hydroxyl groups is 1. The number of rotatable bonds is 10. The number of ether oxygens (including phenoxy) is 2. The van der Waals surface area contributed by atoms with E-state index in [0.717, 1.165) is 25.7 Å². The summed E-state index contributed by atoms with van der Waals surface area (Å²) in [5, 5.41) is 10.6. The van der Waals surface area contributed by atoms with Crippen molar-refractivity contribution in [2.45, 2.75) is 72.8 Å². The normalized spacial score (nSPS) is 23.7. The largest absolute Gasteiger partial charge is 0.494 e. The number of carbonyl (C=O) groups excluding carboxylic acids is 1. The van der Waals surface area contributed by atoms with Crippen LogP contribution >= 0.6 is 0 Å². The minimum absolute atomic E-state index is 0.101. The van der Waals surface area contributed by atoms with Gasteiger partial charge < -0.3 is 14.6 Å². The van der Waals surface area contributed by atoms with Gasteiger partial charge in [-0.2, -0.15) is 0 Å². The van der Waals surface area contributed by atoms with Crippen molar-refractivity contribution >= 4 is 5.78 Å². The molecular weight excluding hydrogens is 352 g/mol. The van der Waals surface area contributed by atoms with Gasteiger partial charge >= 0.3 is 0 Å². The molecule has 0 aromatic heterocycles. The van der Waals surface area contributed by atoms with E-state index in [9.17, 15) is 9.90 Å². The van der Waals surface area contributed by atoms with Crippen molar-refractivity contribution in [2.75, 3.05) is 14.2 Å². The van der Waals surface area contributed by atoms with Crippen LogP contribution in [0.4, 0.5) is 0 Å². The van der Waals surface area contributed by atoms with E-state index in [1.165, 1.54) is 30.9 Å². The SMILES string of the molecule is COC1=C(OC)[C@@H](O)[C@@H](C/C=C(\C)CC/C=C(\C)CCC=C(C)C)[C@H](C)C1=O. The Balaban J connectivity index is 2.64. The van der Waals surface area contributed by atoms with Crippen molar-refractivity contribution in [1.82, 2.24) is 0 Å². The van der Waals surface area contributed by atoms with E-state index in [0.29, 0.717) is 6.42 Å². The highest BCUT2D eigenvalue weighted by Gasteiger charge is 2.42. The summed E-state index contributed by atoms with van der Waals surface area (Å²) in [5.41, 5.74) is 4.07. The molecule has 4 heteroatoms. The Kier molecular flexibility index (Phi) is 10.3. The third-order valence-electron chi connectivity index (χ3n) is 5.46. The van der Waals surface area contributed by atoms with Crippen molar-refractivity contribution in [2.24, 2.45) is 11.8 Å². The molecule has 0 saturated carbocycles. The van der Waals surface area contributed by atoms with Crippen LogP contribution in [0.25, 0.3) is 0 Å². The van der Waals surface area contributed by atoms with Gasteiger partial charge in [-0.15, -0.1) is 0 Å². The summed E-state index contributed by atoms with van der Waals surface area (Å²) in [7, 11) is 2.90. The summed E-state index contributed by atoms with van der Waals surface area (Å²) in [6.07, 6.45) is 10.8. The van der Waals surface area contributed by atoms with Crippen LogP contribution in [0, 0.1) is 11.8 Å². The minimum atomic E-state index is -0.825. The summed E-state index contributed by atoms with van der Waals surface area (Å²) < 4.78 is 10.4. The van der Waals surface area contributed by atoms with Crippen LogP contribution in [0.2, 0.25) is 0 Å². The first-order valence-electron chi connectivity index (χ1n) is 10.2. The van der Waals surface area contributed by atoms with Gasteiger partial charge in [0.15, 0.2) is 5.76 Å². The highest BCUT2D eigenvalue weighted by Crippen LogP contribution is 2.35. The highest BCUT2D eigenvalue weighted by molar-refractivity contribution is 5.97. The van der Waals surface area contributed by atoms with Crippen LogP contribution in [-0.4, -0.2) is 31.2 Å². The zero-order chi connectivity index (χ0) is 21.3. The molecule has 1 rings (SSSR count). The molecule has 1 N–H and O–H groups in total. The molecule has 3 atom stereocenters. The summed E-state index contributed by atoms with van der Waals surface area (Å²) in [6, 6.07) is 0. The summed E-state index contributed by atoms with van der Waals surface area (Å²) in [4.78, 5) is 12.5. The third-order valence-corrected chi connectivity index (χ3v) is 5.46. The number of allylic oxidation sites excluding steroid dienone is 7. The maximum atomic E-state index is 12.5. The molecule has 1 aliphatic carbocycles. The fraction of sp³-hybridized carbons (Fsp3) is 0.625. The first-order valence-corrected chi connectivity index (χ1v) is 10.2. The minimum Gasteiger partial charge on any atom is -0.494 e. The summed E-state index contributed by atoms with van der Waals surface area (Å²) in [5.74, 6) is -0.205. The lowest BCUT2D eigenvalue weighted by Gasteiger charge is -2.33. The molecule has 0 aliphatic heterocycles. The molecule has 1 aliphatic rings. The average molecular weight is 391 g/mol. The quantitative estimate of drug-likeness (QED) is 0.501. The molecule has 0 unspecified atom stereocenters. The third kappa shape index (κ3) is 6.97. The van der Waals surface area contributed by atoms with Crippen LogP contribution in [-0.2, 0) is 14.3 Å². The molecule has 0 radical (unpaired) electrons. The summed E-state index contributed by atoms with van der Waals surface area (Å²) >= 11 is 0. The van der Waals surface area contributed by atoms with Gasteiger partial charge in [0.25, 0.3) is 0 Å². The Hall–Kier alpha value is -1.81. The number of carbonyl (C=O) groups is 1. The second-order valence-corrected chi connectivity index (χ2v) is 8.06. The van der Waals surface area contributed by atoms with E-state index >= 15 is 0 Å². The fourth-order valence-electron chi connectivity index (χ4n) is 3.55. The van der Waals surface area contributed by atoms with Crippen LogP contribution in [0.5, 0.6) is 0 Å². The molecule has 4 nitrogen and oxygen atoms in total. The topological polar surface area (TPSA) is 55.8 Å². The van der Waals surface area contributed by atoms with E-state index in [4.69, 9.17) is 9.47 Å². The molecule has 0 fully saturated rings. The van der Waals surface area contributed by atoms with E-state index < -0.39 is 6.10 Å². The van der Waals surface area contributed by atoms with Crippen LogP contribution < -0.4 is 0 Å². The number of hydrogen-bond donors (Lipinski definition) is 1. The van der Waals surface area contributed by atoms with Gasteiger partial charge in [-0.05, 0) is 59.8 Å². The van der Waals surface area contributed by atoms with Gasteiger partial charge in [0.1, 0.15) is 6.10 Å². The molecule has 0 saturated heterocycles. The number of methoxy groups -OCH3 is 2. The predicted octanol–water partition coefficient (Wildman–Crippen LogP) is 5.50. The monoisotopic (exact) mass is 390 g/mol. The molecule has 0 aromatic rings. The van der Waals surface area contributed by atoms with E-state index in [-0.39, 0.29) is 29.1 Å². The van der Waals surface area contributed by atoms with Crippen molar-refractivity contribution in [3.8, 4) is 0 Å². The molecule has 0 heterocycles. The number of hydrogen-bond acceptors (Lipinski definition) is 4. The van der Waals surface area contributed by atoms with Crippen molar-refractivity contribution < 1.29 is 19.4 Å². The van der Waals surface area contributed by atoms with Crippen LogP contribution in [0.1, 0.15) is 66.7 Å². The molecule has 28 heavy (non-hydrogen) atoms. The number of Topliss-reactive ketones (excluding diaryl/α,β-unsaturated/α-hetero) is 1. The Bertz CT molecular complexity index is 648. The molecular formula is C24H38O4. The van der Waals surface area contributed by atoms with E-state index in [2.05, 4.69) is 45.9 Å². The molecule has 0 spiro atoms. The molecule has 158 valence electrons. The number of aliphatic hydroxyl groups excluding tert-OH is 1. The first kappa shape index (κ1) is 24.2. The Labute approximate surface area is 171 Å². The molecule has 0 bridgehead atoms. The van der Waals surface area contributed by atoms with Crippen molar-refractivity contribution in [3.63, 3.8) is 0 Å². The van der Waals surface area contributed by atoms with Gasteiger partial charge in [0, 0.05) is 11.8 Å². The smallest absolute Gasteiger partial charge is 0.204 e. The zero-order valence-corrected chi connectivity index (χ0v) is 18.7. The summed E-state index contributed by atoms with van der Waals surface area (Å²) in [6.45, 7) is 10.4. The molecule has 0 amide bonds. The van der Waals surface area contributed by atoms with E-state index in [1.807, 2.05) is 6.92 Å². The van der Waals surface area contributed by atoms with Crippen LogP contribution in [0.3, 0.4) is 0 Å². The van der Waals surface area contributed by atoms with Gasteiger partial charge in [-0.1, -0.05) is 41.9 Å². The maximum absolute atomic E-state index is 12.5. The lowest BCUT2D eigenvalue weighted by molar-refractivity contribution is -0.128. The van der Waals surface area contributed by atoms with Crippen LogP contribution in [0.15, 0.2) is 46.5 Å². The average Bonchev–Trinajstić information content (AvgIpc) is 2.64. The maximum Gasteiger partial charge on any atom is 0.204 e. The second-order valence-electron chi connectivity index (χ2n) is 8.06. The first-order chi connectivity index (χ1) is 13.2. The standard InChI is InChI=1S/C24H38O4/c1-16(2)10-8-11-17(3)12-9-13-18(4)14-15-20-19(5)21(25)23(27-6)24(28-7)22(20)26/h10,12,14,19-20,22,26H,8-9,11,13,15H2,1-7H3/b17-12+,18-14+/t19-,20-,22-/m0/s1. The zero-order valence-electron chi connectivity index (χ0n) is 18.7. The van der Waals surface area contributed by atoms with E-state index in [1.54, 1.807) is 0 Å². The van der Waals surface area contributed by atoms with Gasteiger partial charge in [0.2, 0.25) is 11.5 Å². The number of ketones is 1.